The topological polar surface area (TPSA) is 34.2 Å². The summed E-state index contributed by atoms with van der Waals surface area (Å²) >= 11 is 1.74. The summed E-state index contributed by atoms with van der Waals surface area (Å²) in [5.74, 6) is 0. The molecular formula is C12H20N2OS. The Bertz CT molecular complexity index is 327. The molecule has 0 radical (unpaired) electrons. The van der Waals surface area contributed by atoms with Gasteiger partial charge in [0.2, 0.25) is 0 Å². The second kappa shape index (κ2) is 5.75. The van der Waals surface area contributed by atoms with Gasteiger partial charge in [0, 0.05) is 30.3 Å². The van der Waals surface area contributed by atoms with Gasteiger partial charge in [0.25, 0.3) is 0 Å². The first-order valence-corrected chi connectivity index (χ1v) is 6.92. The van der Waals surface area contributed by atoms with Crippen molar-refractivity contribution in [2.45, 2.75) is 51.8 Å². The fraction of sp³-hybridized carbons (Fsp3) is 0.750. The molecular weight excluding hydrogens is 220 g/mol. The Morgan fingerprint density at radius 1 is 1.62 bits per heavy atom. The molecule has 3 nitrogen and oxygen atoms in total. The third-order valence-corrected chi connectivity index (χ3v) is 4.00. The van der Waals surface area contributed by atoms with Gasteiger partial charge >= 0.3 is 0 Å². The lowest BCUT2D eigenvalue weighted by atomic mass is 10.0. The SMILES string of the molecule is CCC1CC(NCc2nc(C)cs2)CCO1. The van der Waals surface area contributed by atoms with E-state index < -0.39 is 0 Å². The lowest BCUT2D eigenvalue weighted by Gasteiger charge is -2.29. The minimum atomic E-state index is 0.448. The molecule has 1 aromatic rings. The monoisotopic (exact) mass is 240 g/mol. The Hall–Kier alpha value is -0.450. The summed E-state index contributed by atoms with van der Waals surface area (Å²) in [6, 6.07) is 0.600. The summed E-state index contributed by atoms with van der Waals surface area (Å²) in [6.07, 6.45) is 3.83. The molecule has 0 aromatic carbocycles. The number of aromatic nitrogens is 1. The van der Waals surface area contributed by atoms with Crippen molar-refractivity contribution in [2.24, 2.45) is 0 Å². The summed E-state index contributed by atoms with van der Waals surface area (Å²) in [5, 5.41) is 6.88. The van der Waals surface area contributed by atoms with Crippen LogP contribution in [0, 0.1) is 6.92 Å². The van der Waals surface area contributed by atoms with Crippen molar-refractivity contribution in [3.63, 3.8) is 0 Å². The highest BCUT2D eigenvalue weighted by Crippen LogP contribution is 2.17. The quantitative estimate of drug-likeness (QED) is 0.878. The van der Waals surface area contributed by atoms with E-state index in [9.17, 15) is 0 Å². The lowest BCUT2D eigenvalue weighted by molar-refractivity contribution is -0.000322. The summed E-state index contributed by atoms with van der Waals surface area (Å²) in [7, 11) is 0. The average Bonchev–Trinajstić information content (AvgIpc) is 2.73. The van der Waals surface area contributed by atoms with Gasteiger partial charge in [0.05, 0.1) is 6.10 Å². The molecule has 90 valence electrons. The number of rotatable bonds is 4. The van der Waals surface area contributed by atoms with Crippen molar-refractivity contribution in [2.75, 3.05) is 6.61 Å². The van der Waals surface area contributed by atoms with Crippen LogP contribution in [0.4, 0.5) is 0 Å². The highest BCUT2D eigenvalue weighted by atomic mass is 32.1. The molecule has 0 saturated carbocycles. The van der Waals surface area contributed by atoms with Gasteiger partial charge in [0.15, 0.2) is 0 Å². The van der Waals surface area contributed by atoms with E-state index in [1.165, 1.54) is 5.01 Å². The van der Waals surface area contributed by atoms with Gasteiger partial charge in [-0.25, -0.2) is 4.98 Å². The van der Waals surface area contributed by atoms with E-state index >= 15 is 0 Å². The first-order chi connectivity index (χ1) is 7.78. The average molecular weight is 240 g/mol. The molecule has 2 heterocycles. The molecule has 1 aliphatic heterocycles. The van der Waals surface area contributed by atoms with Crippen molar-refractivity contribution in [3.8, 4) is 0 Å². The smallest absolute Gasteiger partial charge is 0.107 e. The number of aryl methyl sites for hydroxylation is 1. The van der Waals surface area contributed by atoms with Crippen molar-refractivity contribution < 1.29 is 4.74 Å². The van der Waals surface area contributed by atoms with E-state index in [1.807, 2.05) is 6.92 Å². The van der Waals surface area contributed by atoms with Gasteiger partial charge < -0.3 is 10.1 Å². The number of nitrogens with zero attached hydrogens (tertiary/aromatic N) is 1. The van der Waals surface area contributed by atoms with Crippen LogP contribution >= 0.6 is 11.3 Å². The Labute approximate surface area is 101 Å². The van der Waals surface area contributed by atoms with Crippen LogP contribution in [0.2, 0.25) is 0 Å². The second-order valence-corrected chi connectivity index (χ2v) is 5.33. The number of nitrogens with one attached hydrogen (secondary N) is 1. The number of hydrogen-bond donors (Lipinski definition) is 1. The zero-order chi connectivity index (χ0) is 11.4. The summed E-state index contributed by atoms with van der Waals surface area (Å²) < 4.78 is 5.66. The highest BCUT2D eigenvalue weighted by molar-refractivity contribution is 7.09. The normalized spacial score (nSPS) is 25.9. The minimum Gasteiger partial charge on any atom is -0.378 e. The Morgan fingerprint density at radius 2 is 2.50 bits per heavy atom. The van der Waals surface area contributed by atoms with Gasteiger partial charge in [-0.15, -0.1) is 11.3 Å². The van der Waals surface area contributed by atoms with E-state index in [2.05, 4.69) is 22.6 Å². The van der Waals surface area contributed by atoms with Crippen LogP contribution in [-0.4, -0.2) is 23.7 Å². The van der Waals surface area contributed by atoms with E-state index in [-0.39, 0.29) is 0 Å². The Morgan fingerprint density at radius 3 is 3.19 bits per heavy atom. The summed E-state index contributed by atoms with van der Waals surface area (Å²) in [5.41, 5.74) is 1.13. The van der Waals surface area contributed by atoms with E-state index in [4.69, 9.17) is 4.74 Å². The van der Waals surface area contributed by atoms with E-state index in [0.29, 0.717) is 12.1 Å². The maximum Gasteiger partial charge on any atom is 0.107 e. The molecule has 2 atom stereocenters. The summed E-state index contributed by atoms with van der Waals surface area (Å²) in [4.78, 5) is 4.46. The predicted molar refractivity (Wildman–Crippen MR) is 66.7 cm³/mol. The second-order valence-electron chi connectivity index (χ2n) is 4.39. The van der Waals surface area contributed by atoms with E-state index in [0.717, 1.165) is 38.1 Å². The van der Waals surface area contributed by atoms with Gasteiger partial charge in [-0.05, 0) is 26.2 Å². The zero-order valence-corrected chi connectivity index (χ0v) is 10.8. The largest absolute Gasteiger partial charge is 0.378 e. The Balaban J connectivity index is 1.77. The number of hydrogen-bond acceptors (Lipinski definition) is 4. The van der Waals surface area contributed by atoms with Crippen molar-refractivity contribution in [3.05, 3.63) is 16.1 Å². The van der Waals surface area contributed by atoms with Gasteiger partial charge in [0.1, 0.15) is 5.01 Å². The van der Waals surface area contributed by atoms with Crippen molar-refractivity contribution >= 4 is 11.3 Å². The van der Waals surface area contributed by atoms with Crippen LogP contribution in [0.5, 0.6) is 0 Å². The van der Waals surface area contributed by atoms with E-state index in [1.54, 1.807) is 11.3 Å². The minimum absolute atomic E-state index is 0.448. The molecule has 0 amide bonds. The maximum absolute atomic E-state index is 5.66. The van der Waals surface area contributed by atoms with Crippen LogP contribution in [0.1, 0.15) is 36.9 Å². The standard InChI is InChI=1S/C12H20N2OS/c1-3-11-6-10(4-5-15-11)13-7-12-14-9(2)8-16-12/h8,10-11,13H,3-7H2,1-2H3. The third kappa shape index (κ3) is 3.27. The third-order valence-electron chi connectivity index (χ3n) is 3.03. The summed E-state index contributed by atoms with van der Waals surface area (Å²) in [6.45, 7) is 6.03. The maximum atomic E-state index is 5.66. The molecule has 1 aliphatic rings. The molecule has 16 heavy (non-hydrogen) atoms. The molecule has 2 unspecified atom stereocenters. The van der Waals surface area contributed by atoms with Crippen LogP contribution in [0.3, 0.4) is 0 Å². The first kappa shape index (κ1) is 12.0. The predicted octanol–water partition coefficient (Wildman–Crippen LogP) is 2.50. The Kier molecular flexibility index (Phi) is 4.32. The molecule has 1 fully saturated rings. The van der Waals surface area contributed by atoms with Crippen molar-refractivity contribution in [1.82, 2.24) is 10.3 Å². The fourth-order valence-corrected chi connectivity index (χ4v) is 2.79. The van der Waals surface area contributed by atoms with Gasteiger partial charge in [-0.3, -0.25) is 0 Å². The van der Waals surface area contributed by atoms with Crippen LogP contribution in [0.15, 0.2) is 5.38 Å². The number of ether oxygens (including phenoxy) is 1. The molecule has 1 aromatic heterocycles. The first-order valence-electron chi connectivity index (χ1n) is 6.04. The molecule has 0 spiro atoms. The highest BCUT2D eigenvalue weighted by Gasteiger charge is 2.20. The van der Waals surface area contributed by atoms with Crippen LogP contribution in [-0.2, 0) is 11.3 Å². The van der Waals surface area contributed by atoms with Gasteiger partial charge in [-0.1, -0.05) is 6.92 Å². The lowest BCUT2D eigenvalue weighted by Crippen LogP contribution is -2.38. The fourth-order valence-electron chi connectivity index (χ4n) is 2.07. The molecule has 2 rings (SSSR count). The molecule has 4 heteroatoms. The van der Waals surface area contributed by atoms with Crippen LogP contribution < -0.4 is 5.32 Å². The zero-order valence-electron chi connectivity index (χ0n) is 10.0. The van der Waals surface area contributed by atoms with Crippen LogP contribution in [0.25, 0.3) is 0 Å². The number of thiazole rings is 1. The van der Waals surface area contributed by atoms with Gasteiger partial charge in [-0.2, -0.15) is 0 Å². The molecule has 1 saturated heterocycles. The molecule has 0 aliphatic carbocycles. The van der Waals surface area contributed by atoms with Crippen molar-refractivity contribution in [1.29, 1.82) is 0 Å². The molecule has 0 bridgehead atoms. The molecule has 1 N–H and O–H groups in total.